The van der Waals surface area contributed by atoms with E-state index in [1.807, 2.05) is 0 Å². The Morgan fingerprint density at radius 1 is 1.29 bits per heavy atom. The topological polar surface area (TPSA) is 98.0 Å². The molecular weight excluding hydrogens is 363 g/mol. The molecule has 0 saturated carbocycles. The van der Waals surface area contributed by atoms with E-state index in [9.17, 15) is 12.8 Å². The van der Waals surface area contributed by atoms with Crippen molar-refractivity contribution in [2.45, 2.75) is 18.7 Å². The van der Waals surface area contributed by atoms with Crippen LogP contribution in [0, 0.1) is 19.7 Å². The van der Waals surface area contributed by atoms with Gasteiger partial charge in [-0.25, -0.2) is 22.8 Å². The number of nitrogens with one attached hydrogen (secondary N) is 1. The molecule has 6 nitrogen and oxygen atoms in total. The Balaban J connectivity index is 2.50. The molecule has 0 spiro atoms. The lowest BCUT2D eigenvalue weighted by molar-refractivity contribution is 0.598. The van der Waals surface area contributed by atoms with Crippen molar-refractivity contribution in [3.63, 3.8) is 0 Å². The minimum Gasteiger partial charge on any atom is -0.396 e. The molecule has 0 bridgehead atoms. The van der Waals surface area contributed by atoms with Crippen molar-refractivity contribution in [1.29, 1.82) is 0 Å². The molecule has 0 atom stereocenters. The second-order valence-corrected chi connectivity index (χ2v) is 6.80. The van der Waals surface area contributed by atoms with Gasteiger partial charge in [-0.15, -0.1) is 0 Å². The molecule has 2 aromatic rings. The Labute approximate surface area is 129 Å². The van der Waals surface area contributed by atoms with Crippen LogP contribution in [0.5, 0.6) is 0 Å². The summed E-state index contributed by atoms with van der Waals surface area (Å²) in [7, 11) is -3.94. The van der Waals surface area contributed by atoms with E-state index < -0.39 is 15.8 Å². The number of nitrogen functional groups attached to an aromatic ring is 1. The maximum Gasteiger partial charge on any atom is 0.263 e. The molecule has 1 aromatic carbocycles. The fraction of sp³-hybridized carbons (Fsp3) is 0.167. The minimum absolute atomic E-state index is 0.0555. The molecule has 1 aromatic heterocycles. The Morgan fingerprint density at radius 3 is 2.52 bits per heavy atom. The lowest BCUT2D eigenvalue weighted by Gasteiger charge is -2.14. The second-order valence-electron chi connectivity index (χ2n) is 4.37. The van der Waals surface area contributed by atoms with Gasteiger partial charge in [-0.3, -0.25) is 4.72 Å². The van der Waals surface area contributed by atoms with Gasteiger partial charge in [-0.1, -0.05) is 0 Å². The molecule has 21 heavy (non-hydrogen) atoms. The van der Waals surface area contributed by atoms with Crippen LogP contribution in [0.1, 0.15) is 11.1 Å². The Bertz CT molecular complexity index is 794. The number of anilines is 2. The third kappa shape index (κ3) is 3.13. The Kier molecular flexibility index (Phi) is 4.15. The van der Waals surface area contributed by atoms with E-state index in [4.69, 9.17) is 5.73 Å². The summed E-state index contributed by atoms with van der Waals surface area (Å²) in [5, 5.41) is 0. The molecule has 0 radical (unpaired) electrons. The fourth-order valence-electron chi connectivity index (χ4n) is 1.90. The highest BCUT2D eigenvalue weighted by Gasteiger charge is 2.23. The van der Waals surface area contributed by atoms with Gasteiger partial charge in [-0.2, -0.15) is 0 Å². The van der Waals surface area contributed by atoms with E-state index in [1.165, 1.54) is 26.2 Å². The number of nitrogens with two attached hydrogens (primary N) is 1. The van der Waals surface area contributed by atoms with Crippen molar-refractivity contribution in [2.24, 2.45) is 0 Å². The van der Waals surface area contributed by atoms with E-state index in [1.54, 1.807) is 0 Å². The van der Waals surface area contributed by atoms with E-state index in [0.29, 0.717) is 4.60 Å². The maximum absolute atomic E-state index is 13.5. The van der Waals surface area contributed by atoms with Gasteiger partial charge >= 0.3 is 0 Å². The molecule has 0 aliphatic rings. The molecule has 0 aliphatic carbocycles. The van der Waals surface area contributed by atoms with Crippen molar-refractivity contribution in [2.75, 3.05) is 10.5 Å². The molecule has 1 heterocycles. The summed E-state index contributed by atoms with van der Waals surface area (Å²) in [5.74, 6) is -0.590. The average molecular weight is 375 g/mol. The van der Waals surface area contributed by atoms with Crippen LogP contribution in [-0.4, -0.2) is 18.4 Å². The number of benzene rings is 1. The van der Waals surface area contributed by atoms with Crippen LogP contribution in [-0.2, 0) is 10.0 Å². The predicted octanol–water partition coefficient (Wildman–Crippen LogP) is 2.38. The highest BCUT2D eigenvalue weighted by atomic mass is 79.9. The zero-order chi connectivity index (χ0) is 15.8. The number of aromatic nitrogens is 2. The molecular formula is C12H12BrFN4O2S. The lowest BCUT2D eigenvalue weighted by Crippen LogP contribution is -2.18. The van der Waals surface area contributed by atoms with Crippen LogP contribution in [0.15, 0.2) is 28.0 Å². The van der Waals surface area contributed by atoms with Crippen LogP contribution >= 0.6 is 15.9 Å². The van der Waals surface area contributed by atoms with Gasteiger partial charge < -0.3 is 5.73 Å². The van der Waals surface area contributed by atoms with Gasteiger partial charge in [-0.05, 0) is 47.0 Å². The summed E-state index contributed by atoms with van der Waals surface area (Å²) in [6, 6.07) is 1.09. The van der Waals surface area contributed by atoms with Crippen molar-refractivity contribution in [3.8, 4) is 0 Å². The number of hydrogen-bond acceptors (Lipinski definition) is 5. The van der Waals surface area contributed by atoms with Gasteiger partial charge in [0.05, 0.1) is 23.0 Å². The molecule has 2 rings (SSSR count). The first-order valence-corrected chi connectivity index (χ1v) is 8.05. The second kappa shape index (κ2) is 5.57. The van der Waals surface area contributed by atoms with Gasteiger partial charge in [0.25, 0.3) is 10.0 Å². The number of sulfonamides is 1. The highest BCUT2D eigenvalue weighted by Crippen LogP contribution is 2.28. The number of nitrogens with zero attached hydrogens (tertiary/aromatic N) is 2. The van der Waals surface area contributed by atoms with Crippen LogP contribution in [0.25, 0.3) is 0 Å². The predicted molar refractivity (Wildman–Crippen MR) is 80.8 cm³/mol. The molecule has 3 N–H and O–H groups in total. The third-order valence-electron chi connectivity index (χ3n) is 2.83. The van der Waals surface area contributed by atoms with E-state index in [2.05, 4.69) is 30.6 Å². The third-order valence-corrected chi connectivity index (χ3v) is 4.88. The summed E-state index contributed by atoms with van der Waals surface area (Å²) in [6.07, 6.45) is 2.62. The summed E-state index contributed by atoms with van der Waals surface area (Å²) in [5.41, 5.74) is 5.79. The molecule has 9 heteroatoms. The number of rotatable bonds is 3. The summed E-state index contributed by atoms with van der Waals surface area (Å²) in [6.45, 7) is 2.95. The first-order valence-electron chi connectivity index (χ1n) is 5.78. The largest absolute Gasteiger partial charge is 0.396 e. The van der Waals surface area contributed by atoms with Crippen LogP contribution in [0.2, 0.25) is 0 Å². The van der Waals surface area contributed by atoms with E-state index in [-0.39, 0.29) is 27.5 Å². The Hall–Kier alpha value is -1.74. The first kappa shape index (κ1) is 15.6. The van der Waals surface area contributed by atoms with Gasteiger partial charge in [0, 0.05) is 0 Å². The number of halogens is 2. The van der Waals surface area contributed by atoms with E-state index in [0.717, 1.165) is 6.07 Å². The van der Waals surface area contributed by atoms with Gasteiger partial charge in [0.1, 0.15) is 10.4 Å². The van der Waals surface area contributed by atoms with Gasteiger partial charge in [0.15, 0.2) is 5.82 Å². The monoisotopic (exact) mass is 374 g/mol. The average Bonchev–Trinajstić information content (AvgIpc) is 2.38. The normalized spacial score (nSPS) is 11.4. The quantitative estimate of drug-likeness (QED) is 0.803. The van der Waals surface area contributed by atoms with Crippen molar-refractivity contribution >= 4 is 37.5 Å². The molecule has 0 unspecified atom stereocenters. The zero-order valence-electron chi connectivity index (χ0n) is 11.2. The standard InChI is InChI=1S/C12H12BrFN4O2S/c1-6-3-8(14)11(15)7(2)12(6)21(19,20)18-10-5-16-9(13)4-17-10/h3-5H,15H2,1-2H3,(H,17,18). The molecule has 112 valence electrons. The molecule has 0 fully saturated rings. The summed E-state index contributed by atoms with van der Waals surface area (Å²) in [4.78, 5) is 7.70. The van der Waals surface area contributed by atoms with Crippen molar-refractivity contribution in [1.82, 2.24) is 9.97 Å². The molecule has 0 saturated heterocycles. The Morgan fingerprint density at radius 2 is 1.95 bits per heavy atom. The summed E-state index contributed by atoms with van der Waals surface area (Å²) >= 11 is 3.10. The van der Waals surface area contributed by atoms with Crippen molar-refractivity contribution < 1.29 is 12.8 Å². The summed E-state index contributed by atoms with van der Waals surface area (Å²) < 4.78 is 41.1. The first-order chi connectivity index (χ1) is 9.72. The van der Waals surface area contributed by atoms with Crippen LogP contribution in [0.4, 0.5) is 15.9 Å². The lowest BCUT2D eigenvalue weighted by atomic mass is 10.1. The van der Waals surface area contributed by atoms with E-state index >= 15 is 0 Å². The molecule has 0 amide bonds. The fourth-order valence-corrected chi connectivity index (χ4v) is 3.58. The SMILES string of the molecule is Cc1cc(F)c(N)c(C)c1S(=O)(=O)Nc1cnc(Br)cn1. The van der Waals surface area contributed by atoms with Crippen LogP contribution < -0.4 is 10.5 Å². The smallest absolute Gasteiger partial charge is 0.263 e. The molecule has 0 aliphatic heterocycles. The maximum atomic E-state index is 13.5. The highest BCUT2D eigenvalue weighted by molar-refractivity contribution is 9.10. The number of hydrogen-bond donors (Lipinski definition) is 2. The van der Waals surface area contributed by atoms with Crippen molar-refractivity contribution in [3.05, 3.63) is 40.0 Å². The minimum atomic E-state index is -3.94. The zero-order valence-corrected chi connectivity index (χ0v) is 13.6. The van der Waals surface area contributed by atoms with Crippen LogP contribution in [0.3, 0.4) is 0 Å². The number of aryl methyl sites for hydroxylation is 1. The van der Waals surface area contributed by atoms with Gasteiger partial charge in [0.2, 0.25) is 0 Å².